The van der Waals surface area contributed by atoms with Crippen molar-refractivity contribution in [3.63, 3.8) is 0 Å². The summed E-state index contributed by atoms with van der Waals surface area (Å²) in [5, 5.41) is 0. The molecule has 1 heterocycles. The molecular weight excluding hydrogens is 400 g/mol. The molecule has 1 aliphatic heterocycles. The molecule has 16 heavy (non-hydrogen) atoms. The number of hydrogen-bond donors (Lipinski definition) is 0. The van der Waals surface area contributed by atoms with E-state index in [2.05, 4.69) is 36.0 Å². The van der Waals surface area contributed by atoms with Crippen LogP contribution < -0.4 is 0 Å². The van der Waals surface area contributed by atoms with Crippen molar-refractivity contribution in [1.82, 2.24) is 9.80 Å². The average Bonchev–Trinajstić information content (AvgIpc) is 2.59. The van der Waals surface area contributed by atoms with Crippen LogP contribution >= 0.6 is 50.9 Å². The van der Waals surface area contributed by atoms with Crippen LogP contribution in [0.25, 0.3) is 0 Å². The van der Waals surface area contributed by atoms with E-state index >= 15 is 0 Å². The molecule has 0 atom stereocenters. The molecule has 0 aromatic carbocycles. The zero-order valence-electron chi connectivity index (χ0n) is 10.2. The maximum atomic E-state index is 2.40. The molecule has 5 heteroatoms. The minimum atomic E-state index is 0. The van der Waals surface area contributed by atoms with Gasteiger partial charge in [0.2, 0.25) is 0 Å². The van der Waals surface area contributed by atoms with Gasteiger partial charge in [-0.3, -0.25) is 0 Å². The number of hydrogen-bond acceptors (Lipinski definition) is 2. The molecule has 0 spiro atoms. The van der Waals surface area contributed by atoms with Crippen LogP contribution in [0.1, 0.15) is 39.5 Å². The SMILES string of the molecule is Br.Br.Br.CCCCN1C=CN(CCCC)C1. The molecule has 1 rings (SSSR count). The summed E-state index contributed by atoms with van der Waals surface area (Å²) in [7, 11) is 0. The molecule has 0 amide bonds. The lowest BCUT2D eigenvalue weighted by Gasteiger charge is -2.20. The quantitative estimate of drug-likeness (QED) is 0.624. The Morgan fingerprint density at radius 1 is 0.812 bits per heavy atom. The van der Waals surface area contributed by atoms with Crippen molar-refractivity contribution in [2.45, 2.75) is 39.5 Å². The highest BCUT2D eigenvalue weighted by Crippen LogP contribution is 2.08. The van der Waals surface area contributed by atoms with Crippen LogP contribution in [-0.4, -0.2) is 29.6 Å². The van der Waals surface area contributed by atoms with Gasteiger partial charge < -0.3 is 9.80 Å². The van der Waals surface area contributed by atoms with Crippen LogP contribution in [-0.2, 0) is 0 Å². The van der Waals surface area contributed by atoms with Gasteiger partial charge >= 0.3 is 0 Å². The van der Waals surface area contributed by atoms with Gasteiger partial charge in [-0.1, -0.05) is 26.7 Å². The number of rotatable bonds is 6. The van der Waals surface area contributed by atoms with Crippen LogP contribution in [0.15, 0.2) is 12.4 Å². The van der Waals surface area contributed by atoms with Gasteiger partial charge in [0.25, 0.3) is 0 Å². The van der Waals surface area contributed by atoms with E-state index in [0.717, 1.165) is 6.67 Å². The Bertz CT molecular complexity index is 149. The fourth-order valence-corrected chi connectivity index (χ4v) is 1.53. The second-order valence-electron chi connectivity index (χ2n) is 3.77. The summed E-state index contributed by atoms with van der Waals surface area (Å²) in [4.78, 5) is 4.80. The molecule has 0 radical (unpaired) electrons. The molecule has 0 aromatic heterocycles. The monoisotopic (exact) mass is 422 g/mol. The summed E-state index contributed by atoms with van der Waals surface area (Å²) >= 11 is 0. The smallest absolute Gasteiger partial charge is 0.0893 e. The first-order valence-electron chi connectivity index (χ1n) is 5.53. The van der Waals surface area contributed by atoms with E-state index < -0.39 is 0 Å². The molecule has 0 unspecified atom stereocenters. The fourth-order valence-electron chi connectivity index (χ4n) is 1.53. The number of nitrogens with zero attached hydrogens (tertiary/aromatic N) is 2. The van der Waals surface area contributed by atoms with E-state index in [-0.39, 0.29) is 50.9 Å². The minimum absolute atomic E-state index is 0. The Labute approximate surface area is 132 Å². The van der Waals surface area contributed by atoms with E-state index in [1.165, 1.54) is 38.8 Å². The predicted molar refractivity (Wildman–Crippen MR) is 88.2 cm³/mol. The van der Waals surface area contributed by atoms with Gasteiger partial charge in [0.15, 0.2) is 0 Å². The molecule has 0 saturated carbocycles. The van der Waals surface area contributed by atoms with Crippen molar-refractivity contribution in [2.24, 2.45) is 0 Å². The molecular formula is C11H25Br3N2. The van der Waals surface area contributed by atoms with Crippen molar-refractivity contribution in [3.8, 4) is 0 Å². The first kappa shape index (κ1) is 22.0. The van der Waals surface area contributed by atoms with Crippen molar-refractivity contribution in [3.05, 3.63) is 12.4 Å². The predicted octanol–water partition coefficient (Wildman–Crippen LogP) is 4.37. The normalized spacial score (nSPS) is 12.9. The fraction of sp³-hybridized carbons (Fsp3) is 0.818. The number of halogens is 3. The second kappa shape index (κ2) is 13.8. The average molecular weight is 425 g/mol. The van der Waals surface area contributed by atoms with Crippen LogP contribution in [0.5, 0.6) is 0 Å². The molecule has 100 valence electrons. The highest BCUT2D eigenvalue weighted by atomic mass is 79.9. The van der Waals surface area contributed by atoms with Crippen LogP contribution in [0.3, 0.4) is 0 Å². The van der Waals surface area contributed by atoms with Gasteiger partial charge in [-0.25, -0.2) is 0 Å². The lowest BCUT2D eigenvalue weighted by molar-refractivity contribution is 0.260. The van der Waals surface area contributed by atoms with Crippen molar-refractivity contribution in [1.29, 1.82) is 0 Å². The zero-order chi connectivity index (χ0) is 9.52. The third-order valence-electron chi connectivity index (χ3n) is 2.45. The molecule has 0 fully saturated rings. The molecule has 2 nitrogen and oxygen atoms in total. The Morgan fingerprint density at radius 2 is 1.19 bits per heavy atom. The zero-order valence-corrected chi connectivity index (χ0v) is 15.4. The summed E-state index contributed by atoms with van der Waals surface area (Å²) in [6.45, 7) is 8.04. The Kier molecular flexibility index (Phi) is 19.0. The van der Waals surface area contributed by atoms with Gasteiger partial charge in [0, 0.05) is 25.5 Å². The summed E-state index contributed by atoms with van der Waals surface area (Å²) in [6.07, 6.45) is 9.66. The van der Waals surface area contributed by atoms with Gasteiger partial charge in [-0.15, -0.1) is 50.9 Å². The lowest BCUT2D eigenvalue weighted by Crippen LogP contribution is -2.26. The van der Waals surface area contributed by atoms with E-state index in [4.69, 9.17) is 0 Å². The molecule has 1 aliphatic rings. The first-order valence-corrected chi connectivity index (χ1v) is 5.53. The Morgan fingerprint density at radius 3 is 1.50 bits per heavy atom. The third-order valence-corrected chi connectivity index (χ3v) is 2.45. The summed E-state index contributed by atoms with van der Waals surface area (Å²) in [6, 6.07) is 0. The van der Waals surface area contributed by atoms with Gasteiger partial charge in [0.1, 0.15) is 0 Å². The Balaban J connectivity index is -0.000000563. The van der Waals surface area contributed by atoms with E-state index in [0.29, 0.717) is 0 Å². The minimum Gasteiger partial charge on any atom is -0.359 e. The molecule has 0 saturated heterocycles. The molecule has 0 aromatic rings. The molecule has 0 bridgehead atoms. The Hall–Kier alpha value is 0.780. The van der Waals surface area contributed by atoms with Crippen LogP contribution in [0, 0.1) is 0 Å². The maximum Gasteiger partial charge on any atom is 0.0893 e. The number of unbranched alkanes of at least 4 members (excludes halogenated alkanes) is 2. The first-order chi connectivity index (χ1) is 6.36. The van der Waals surface area contributed by atoms with Gasteiger partial charge in [-0.2, -0.15) is 0 Å². The van der Waals surface area contributed by atoms with Crippen molar-refractivity contribution >= 4 is 50.9 Å². The standard InChI is InChI=1S/C11H22N2.3BrH/c1-3-5-7-12-9-10-13(11-12)8-6-4-2;;;/h9-10H,3-8,11H2,1-2H3;3*1H. The molecule has 0 N–H and O–H groups in total. The highest BCUT2D eigenvalue weighted by Gasteiger charge is 2.09. The molecule has 0 aliphatic carbocycles. The third kappa shape index (κ3) is 8.88. The summed E-state index contributed by atoms with van der Waals surface area (Å²) in [5.74, 6) is 0. The maximum absolute atomic E-state index is 2.40. The second-order valence-corrected chi connectivity index (χ2v) is 3.77. The van der Waals surface area contributed by atoms with Crippen LogP contribution in [0.4, 0.5) is 0 Å². The van der Waals surface area contributed by atoms with E-state index in [1.54, 1.807) is 0 Å². The van der Waals surface area contributed by atoms with Crippen LogP contribution in [0.2, 0.25) is 0 Å². The van der Waals surface area contributed by atoms with Gasteiger partial charge in [-0.05, 0) is 12.8 Å². The van der Waals surface area contributed by atoms with Gasteiger partial charge in [0.05, 0.1) is 6.67 Å². The topological polar surface area (TPSA) is 6.48 Å². The van der Waals surface area contributed by atoms with E-state index in [1.807, 2.05) is 0 Å². The summed E-state index contributed by atoms with van der Waals surface area (Å²) < 4.78 is 0. The largest absolute Gasteiger partial charge is 0.359 e. The highest BCUT2D eigenvalue weighted by molar-refractivity contribution is 8.93. The van der Waals surface area contributed by atoms with Crippen molar-refractivity contribution < 1.29 is 0 Å². The lowest BCUT2D eigenvalue weighted by atomic mass is 10.3. The van der Waals surface area contributed by atoms with Crippen molar-refractivity contribution in [2.75, 3.05) is 19.8 Å². The van der Waals surface area contributed by atoms with E-state index in [9.17, 15) is 0 Å². The summed E-state index contributed by atoms with van der Waals surface area (Å²) in [5.41, 5.74) is 0.